The minimum Gasteiger partial charge on any atom is -0.325 e. The molecule has 0 aliphatic rings. The molecule has 1 N–H and O–H groups in total. The molecule has 0 fully saturated rings. The normalized spacial score (nSPS) is 11.2. The Morgan fingerprint density at radius 1 is 1.04 bits per heavy atom. The second-order valence-electron chi connectivity index (χ2n) is 5.59. The molecule has 0 unspecified atom stereocenters. The van der Waals surface area contributed by atoms with Gasteiger partial charge in [-0.05, 0) is 48.9 Å². The number of amides is 1. The van der Waals surface area contributed by atoms with Gasteiger partial charge in [0.05, 0.1) is 22.7 Å². The molecule has 0 aromatic heterocycles. The number of hydrogen-bond acceptors (Lipinski definition) is 3. The smallest absolute Gasteiger partial charge is 0.232 e. The predicted octanol–water partition coefficient (Wildman–Crippen LogP) is 4.83. The summed E-state index contributed by atoms with van der Waals surface area (Å²) in [6, 6.07) is 11.2. The number of halogens is 3. The van der Waals surface area contributed by atoms with Crippen molar-refractivity contribution in [2.75, 3.05) is 22.4 Å². The van der Waals surface area contributed by atoms with Gasteiger partial charge in [-0.3, -0.25) is 9.10 Å². The first-order chi connectivity index (χ1) is 12.2. The molecule has 26 heavy (non-hydrogen) atoms. The van der Waals surface area contributed by atoms with E-state index in [1.807, 2.05) is 0 Å². The summed E-state index contributed by atoms with van der Waals surface area (Å²) >= 11 is 17.7. The van der Waals surface area contributed by atoms with Crippen molar-refractivity contribution in [2.45, 2.75) is 12.8 Å². The van der Waals surface area contributed by atoms with Crippen molar-refractivity contribution >= 4 is 62.1 Å². The van der Waals surface area contributed by atoms with E-state index >= 15 is 0 Å². The van der Waals surface area contributed by atoms with Gasteiger partial charge in [-0.1, -0.05) is 34.8 Å². The molecule has 9 heteroatoms. The maximum Gasteiger partial charge on any atom is 0.232 e. The first-order valence-corrected chi connectivity index (χ1v) is 10.6. The highest BCUT2D eigenvalue weighted by Crippen LogP contribution is 2.26. The van der Waals surface area contributed by atoms with Crippen LogP contribution in [0.25, 0.3) is 0 Å². The number of benzene rings is 2. The van der Waals surface area contributed by atoms with Crippen LogP contribution in [0, 0.1) is 0 Å². The standard InChI is InChI=1S/C17H17Cl3N2O3S/c1-26(24,25)22(14-7-4-12(18)5-8-14)10-2-3-17(23)21-16-11-13(19)6-9-15(16)20/h4-9,11H,2-3,10H2,1H3,(H,21,23). The number of anilines is 2. The summed E-state index contributed by atoms with van der Waals surface area (Å²) in [5.74, 6) is -0.279. The van der Waals surface area contributed by atoms with Crippen LogP contribution in [-0.2, 0) is 14.8 Å². The Hall–Kier alpha value is -1.47. The van der Waals surface area contributed by atoms with E-state index in [-0.39, 0.29) is 18.9 Å². The lowest BCUT2D eigenvalue weighted by atomic mass is 10.2. The van der Waals surface area contributed by atoms with Crippen molar-refractivity contribution in [1.82, 2.24) is 0 Å². The average Bonchev–Trinajstić information content (AvgIpc) is 2.55. The van der Waals surface area contributed by atoms with Crippen molar-refractivity contribution in [3.8, 4) is 0 Å². The fourth-order valence-corrected chi connectivity index (χ4v) is 3.71. The first-order valence-electron chi connectivity index (χ1n) is 7.65. The Labute approximate surface area is 167 Å². The van der Waals surface area contributed by atoms with Gasteiger partial charge >= 0.3 is 0 Å². The second kappa shape index (κ2) is 8.95. The Kier molecular flexibility index (Phi) is 7.17. The molecule has 0 aliphatic heterocycles. The van der Waals surface area contributed by atoms with Crippen LogP contribution in [0.5, 0.6) is 0 Å². The molecule has 0 aliphatic carbocycles. The van der Waals surface area contributed by atoms with Crippen molar-refractivity contribution in [1.29, 1.82) is 0 Å². The van der Waals surface area contributed by atoms with E-state index in [0.29, 0.717) is 32.9 Å². The number of nitrogens with zero attached hydrogens (tertiary/aromatic N) is 1. The van der Waals surface area contributed by atoms with Crippen LogP contribution in [0.2, 0.25) is 15.1 Å². The lowest BCUT2D eigenvalue weighted by Crippen LogP contribution is -2.31. The summed E-state index contributed by atoms with van der Waals surface area (Å²) in [6.07, 6.45) is 1.58. The number of rotatable bonds is 7. The Morgan fingerprint density at radius 3 is 2.27 bits per heavy atom. The lowest BCUT2D eigenvalue weighted by molar-refractivity contribution is -0.116. The molecule has 0 atom stereocenters. The van der Waals surface area contributed by atoms with Crippen molar-refractivity contribution in [3.63, 3.8) is 0 Å². The predicted molar refractivity (Wildman–Crippen MR) is 108 cm³/mol. The third-order valence-electron chi connectivity index (χ3n) is 3.48. The van der Waals surface area contributed by atoms with Gasteiger partial charge in [0.2, 0.25) is 15.9 Å². The maximum atomic E-state index is 12.1. The zero-order valence-electron chi connectivity index (χ0n) is 13.9. The molecule has 0 saturated heterocycles. The SMILES string of the molecule is CS(=O)(=O)N(CCCC(=O)Nc1cc(Cl)ccc1Cl)c1ccc(Cl)cc1. The zero-order chi connectivity index (χ0) is 19.3. The molecule has 0 heterocycles. The van der Waals surface area contributed by atoms with E-state index in [1.54, 1.807) is 42.5 Å². The summed E-state index contributed by atoms with van der Waals surface area (Å²) in [5, 5.41) is 4.01. The first kappa shape index (κ1) is 20.8. The van der Waals surface area contributed by atoms with Gasteiger partial charge in [0.15, 0.2) is 0 Å². The summed E-state index contributed by atoms with van der Waals surface area (Å²) in [6.45, 7) is 0.164. The zero-order valence-corrected chi connectivity index (χ0v) is 17.0. The molecule has 0 saturated carbocycles. The summed E-state index contributed by atoms with van der Waals surface area (Å²) < 4.78 is 25.3. The van der Waals surface area contributed by atoms with E-state index < -0.39 is 10.0 Å². The highest BCUT2D eigenvalue weighted by Gasteiger charge is 2.17. The minimum absolute atomic E-state index is 0.127. The van der Waals surface area contributed by atoms with Gasteiger partial charge in [0.1, 0.15) is 0 Å². The maximum absolute atomic E-state index is 12.1. The summed E-state index contributed by atoms with van der Waals surface area (Å²) in [4.78, 5) is 12.1. The number of carbonyl (C=O) groups excluding carboxylic acids is 1. The van der Waals surface area contributed by atoms with Gasteiger partial charge in [-0.2, -0.15) is 0 Å². The Bertz CT molecular complexity index is 887. The highest BCUT2D eigenvalue weighted by atomic mass is 35.5. The number of carbonyl (C=O) groups is 1. The van der Waals surface area contributed by atoms with Crippen molar-refractivity contribution < 1.29 is 13.2 Å². The molecule has 0 spiro atoms. The summed E-state index contributed by atoms with van der Waals surface area (Å²) in [7, 11) is -3.48. The minimum atomic E-state index is -3.48. The van der Waals surface area contributed by atoms with Gasteiger partial charge in [-0.25, -0.2) is 8.42 Å². The monoisotopic (exact) mass is 434 g/mol. The quantitative estimate of drug-likeness (QED) is 0.677. The fourth-order valence-electron chi connectivity index (χ4n) is 2.28. The summed E-state index contributed by atoms with van der Waals surface area (Å²) in [5.41, 5.74) is 0.914. The molecule has 2 aromatic carbocycles. The lowest BCUT2D eigenvalue weighted by Gasteiger charge is -2.22. The largest absolute Gasteiger partial charge is 0.325 e. The molecule has 2 rings (SSSR count). The van der Waals surface area contributed by atoms with E-state index in [4.69, 9.17) is 34.8 Å². The number of sulfonamides is 1. The number of nitrogens with one attached hydrogen (secondary N) is 1. The van der Waals surface area contributed by atoms with E-state index in [2.05, 4.69) is 5.32 Å². The van der Waals surface area contributed by atoms with Crippen LogP contribution in [0.1, 0.15) is 12.8 Å². The molecule has 5 nitrogen and oxygen atoms in total. The Balaban J connectivity index is 1.98. The number of hydrogen-bond donors (Lipinski definition) is 1. The van der Waals surface area contributed by atoms with Crippen LogP contribution in [0.15, 0.2) is 42.5 Å². The molecular formula is C17H17Cl3N2O3S. The molecule has 0 bridgehead atoms. The van der Waals surface area contributed by atoms with Gasteiger partial charge in [-0.15, -0.1) is 0 Å². The van der Waals surface area contributed by atoms with E-state index in [9.17, 15) is 13.2 Å². The second-order valence-corrected chi connectivity index (χ2v) is 8.77. The topological polar surface area (TPSA) is 66.5 Å². The fraction of sp³-hybridized carbons (Fsp3) is 0.235. The third kappa shape index (κ3) is 6.06. The molecular weight excluding hydrogens is 419 g/mol. The van der Waals surface area contributed by atoms with Crippen LogP contribution in [0.3, 0.4) is 0 Å². The molecule has 0 radical (unpaired) electrons. The van der Waals surface area contributed by atoms with Gasteiger partial charge in [0, 0.05) is 23.0 Å². The molecule has 1 amide bonds. The van der Waals surface area contributed by atoms with Gasteiger partial charge < -0.3 is 5.32 Å². The molecule has 140 valence electrons. The van der Waals surface area contributed by atoms with Crippen molar-refractivity contribution in [3.05, 3.63) is 57.5 Å². The van der Waals surface area contributed by atoms with Crippen LogP contribution < -0.4 is 9.62 Å². The van der Waals surface area contributed by atoms with Crippen LogP contribution >= 0.6 is 34.8 Å². The average molecular weight is 436 g/mol. The van der Waals surface area contributed by atoms with Gasteiger partial charge in [0.25, 0.3) is 0 Å². The highest BCUT2D eigenvalue weighted by molar-refractivity contribution is 7.92. The van der Waals surface area contributed by atoms with E-state index in [1.165, 1.54) is 4.31 Å². The van der Waals surface area contributed by atoms with Crippen molar-refractivity contribution in [2.24, 2.45) is 0 Å². The Morgan fingerprint density at radius 2 is 1.65 bits per heavy atom. The van der Waals surface area contributed by atoms with Crippen LogP contribution in [-0.4, -0.2) is 27.1 Å². The van der Waals surface area contributed by atoms with Crippen LogP contribution in [0.4, 0.5) is 11.4 Å². The van der Waals surface area contributed by atoms with E-state index in [0.717, 1.165) is 6.26 Å². The third-order valence-corrected chi connectivity index (χ3v) is 5.49. The molecule has 2 aromatic rings.